The largest absolute Gasteiger partial charge is 0.508 e. The van der Waals surface area contributed by atoms with Gasteiger partial charge in [-0.1, -0.05) is 30.3 Å². The van der Waals surface area contributed by atoms with E-state index in [1.165, 1.54) is 0 Å². The molecule has 126 valence electrons. The highest BCUT2D eigenvalue weighted by molar-refractivity contribution is 6.32. The number of aryl methyl sites for hydroxylation is 1. The number of phenols is 1. The maximum atomic E-state index is 12.6. The Morgan fingerprint density at radius 2 is 1.62 bits per heavy atom. The van der Waals surface area contributed by atoms with Crippen molar-refractivity contribution in [3.8, 4) is 16.9 Å². The van der Waals surface area contributed by atoms with Crippen LogP contribution in [-0.2, 0) is 7.05 Å². The Kier molecular flexibility index (Phi) is 2.80. The number of hydrogen-bond donors (Lipinski definition) is 2. The summed E-state index contributed by atoms with van der Waals surface area (Å²) in [6.07, 6.45) is 0. The molecule has 0 radical (unpaired) electrons. The molecule has 0 fully saturated rings. The van der Waals surface area contributed by atoms with E-state index in [1.807, 2.05) is 54.1 Å². The minimum Gasteiger partial charge on any atom is -0.508 e. The van der Waals surface area contributed by atoms with Gasteiger partial charge in [-0.2, -0.15) is 0 Å². The molecule has 1 aliphatic rings. The predicted molar refractivity (Wildman–Crippen MR) is 99.3 cm³/mol. The SMILES string of the molecule is Cn1c2ccc(O)cc2c2c3c(c(-c4ccccc4)cc21)C(=O)NC3=O. The van der Waals surface area contributed by atoms with Crippen LogP contribution in [0, 0.1) is 0 Å². The first-order valence-corrected chi connectivity index (χ1v) is 8.25. The summed E-state index contributed by atoms with van der Waals surface area (Å²) in [5.41, 5.74) is 4.10. The second-order valence-electron chi connectivity index (χ2n) is 6.48. The molecule has 5 heteroatoms. The van der Waals surface area contributed by atoms with E-state index in [4.69, 9.17) is 0 Å². The average molecular weight is 342 g/mol. The Labute approximate surface area is 148 Å². The van der Waals surface area contributed by atoms with Crippen LogP contribution in [0.3, 0.4) is 0 Å². The summed E-state index contributed by atoms with van der Waals surface area (Å²) in [6, 6.07) is 16.6. The van der Waals surface area contributed by atoms with Crippen molar-refractivity contribution >= 4 is 33.6 Å². The van der Waals surface area contributed by atoms with Crippen molar-refractivity contribution in [3.05, 3.63) is 65.7 Å². The second-order valence-corrected chi connectivity index (χ2v) is 6.48. The maximum Gasteiger partial charge on any atom is 0.259 e. The summed E-state index contributed by atoms with van der Waals surface area (Å²) in [5, 5.41) is 13.8. The number of nitrogens with one attached hydrogen (secondary N) is 1. The van der Waals surface area contributed by atoms with Crippen molar-refractivity contribution in [2.75, 3.05) is 0 Å². The number of carbonyl (C=O) groups excluding carboxylic acids is 2. The van der Waals surface area contributed by atoms with Gasteiger partial charge < -0.3 is 9.67 Å². The first-order chi connectivity index (χ1) is 12.6. The fraction of sp³-hybridized carbons (Fsp3) is 0.0476. The zero-order valence-corrected chi connectivity index (χ0v) is 13.9. The standard InChI is InChI=1S/C21H14N2O3/c1-23-15-8-7-12(24)9-14(15)17-16(23)10-13(11-5-3-2-4-6-11)18-19(17)21(26)22-20(18)25/h2-10,24H,1H3,(H,22,25,26). The molecule has 0 saturated carbocycles. The first-order valence-electron chi connectivity index (χ1n) is 8.25. The number of carbonyl (C=O) groups is 2. The summed E-state index contributed by atoms with van der Waals surface area (Å²) in [7, 11) is 1.91. The zero-order chi connectivity index (χ0) is 18.0. The smallest absolute Gasteiger partial charge is 0.259 e. The third-order valence-corrected chi connectivity index (χ3v) is 5.04. The lowest BCUT2D eigenvalue weighted by Crippen LogP contribution is -2.20. The third kappa shape index (κ3) is 1.80. The molecule has 1 aliphatic heterocycles. The fourth-order valence-electron chi connectivity index (χ4n) is 3.89. The lowest BCUT2D eigenvalue weighted by molar-refractivity contribution is 0.0880. The molecule has 0 atom stereocenters. The number of benzene rings is 3. The van der Waals surface area contributed by atoms with Crippen LogP contribution in [-0.4, -0.2) is 21.5 Å². The highest BCUT2D eigenvalue weighted by atomic mass is 16.3. The number of nitrogens with zero attached hydrogens (tertiary/aromatic N) is 1. The number of imide groups is 1. The zero-order valence-electron chi connectivity index (χ0n) is 13.9. The molecule has 2 heterocycles. The van der Waals surface area contributed by atoms with Crippen LogP contribution in [0.5, 0.6) is 5.75 Å². The van der Waals surface area contributed by atoms with E-state index in [2.05, 4.69) is 5.32 Å². The van der Waals surface area contributed by atoms with Gasteiger partial charge in [0.05, 0.1) is 16.6 Å². The van der Waals surface area contributed by atoms with E-state index in [0.717, 1.165) is 27.5 Å². The topological polar surface area (TPSA) is 71.3 Å². The number of phenolic OH excluding ortho intramolecular Hbond substituents is 1. The Bertz CT molecular complexity index is 1250. The van der Waals surface area contributed by atoms with Gasteiger partial charge in [0, 0.05) is 23.3 Å². The molecule has 0 spiro atoms. The van der Waals surface area contributed by atoms with Crippen LogP contribution >= 0.6 is 0 Å². The summed E-state index contributed by atoms with van der Waals surface area (Å²) in [4.78, 5) is 25.1. The fourth-order valence-corrected chi connectivity index (χ4v) is 3.89. The molecule has 2 N–H and O–H groups in total. The Hall–Kier alpha value is -3.60. The lowest BCUT2D eigenvalue weighted by Gasteiger charge is -2.09. The van der Waals surface area contributed by atoms with E-state index in [0.29, 0.717) is 16.5 Å². The highest BCUT2D eigenvalue weighted by Crippen LogP contribution is 2.40. The van der Waals surface area contributed by atoms with Crippen molar-refractivity contribution in [1.29, 1.82) is 0 Å². The van der Waals surface area contributed by atoms with Gasteiger partial charge in [-0.3, -0.25) is 14.9 Å². The van der Waals surface area contributed by atoms with Crippen molar-refractivity contribution < 1.29 is 14.7 Å². The van der Waals surface area contributed by atoms with E-state index in [9.17, 15) is 14.7 Å². The van der Waals surface area contributed by atoms with Crippen LogP contribution in [0.2, 0.25) is 0 Å². The number of aromatic hydroxyl groups is 1. The number of hydrogen-bond acceptors (Lipinski definition) is 3. The quantitative estimate of drug-likeness (QED) is 0.519. The predicted octanol–water partition coefficient (Wildman–Crippen LogP) is 3.59. The molecule has 0 unspecified atom stereocenters. The normalized spacial score (nSPS) is 13.4. The second kappa shape index (κ2) is 4.95. The lowest BCUT2D eigenvalue weighted by atomic mass is 9.93. The summed E-state index contributed by atoms with van der Waals surface area (Å²) < 4.78 is 1.98. The van der Waals surface area contributed by atoms with Crippen LogP contribution in [0.15, 0.2) is 54.6 Å². The maximum absolute atomic E-state index is 12.6. The van der Waals surface area contributed by atoms with Gasteiger partial charge in [0.25, 0.3) is 11.8 Å². The molecule has 4 aromatic rings. The number of fused-ring (bicyclic) bond motifs is 5. The Morgan fingerprint density at radius 3 is 2.38 bits per heavy atom. The molecule has 26 heavy (non-hydrogen) atoms. The van der Waals surface area contributed by atoms with Gasteiger partial charge in [0.2, 0.25) is 0 Å². The average Bonchev–Trinajstić information content (AvgIpc) is 3.09. The number of rotatable bonds is 1. The van der Waals surface area contributed by atoms with Crippen molar-refractivity contribution in [2.45, 2.75) is 0 Å². The van der Waals surface area contributed by atoms with Crippen LogP contribution in [0.25, 0.3) is 32.9 Å². The van der Waals surface area contributed by atoms with Gasteiger partial charge in [0.15, 0.2) is 0 Å². The van der Waals surface area contributed by atoms with E-state index >= 15 is 0 Å². The molecule has 5 nitrogen and oxygen atoms in total. The van der Waals surface area contributed by atoms with Gasteiger partial charge in [0.1, 0.15) is 5.75 Å². The Balaban J connectivity index is 2.03. The van der Waals surface area contributed by atoms with Gasteiger partial charge >= 0.3 is 0 Å². The molecule has 3 aromatic carbocycles. The van der Waals surface area contributed by atoms with Crippen LogP contribution in [0.4, 0.5) is 0 Å². The molecule has 0 bridgehead atoms. The third-order valence-electron chi connectivity index (χ3n) is 5.04. The summed E-state index contributed by atoms with van der Waals surface area (Å²) >= 11 is 0. The number of amides is 2. The Morgan fingerprint density at radius 1 is 0.885 bits per heavy atom. The molecule has 0 saturated heterocycles. The van der Waals surface area contributed by atoms with E-state index in [-0.39, 0.29) is 11.7 Å². The molecular weight excluding hydrogens is 328 g/mol. The monoisotopic (exact) mass is 342 g/mol. The summed E-state index contributed by atoms with van der Waals surface area (Å²) in [5.74, 6) is -0.665. The van der Waals surface area contributed by atoms with Gasteiger partial charge in [-0.15, -0.1) is 0 Å². The molecular formula is C21H14N2O3. The molecule has 0 aliphatic carbocycles. The van der Waals surface area contributed by atoms with E-state index in [1.54, 1.807) is 12.1 Å². The van der Waals surface area contributed by atoms with Crippen molar-refractivity contribution in [1.82, 2.24) is 9.88 Å². The molecule has 5 rings (SSSR count). The van der Waals surface area contributed by atoms with Gasteiger partial charge in [-0.25, -0.2) is 0 Å². The van der Waals surface area contributed by atoms with Gasteiger partial charge in [-0.05, 0) is 35.4 Å². The molecule has 1 aromatic heterocycles. The minimum absolute atomic E-state index is 0.121. The van der Waals surface area contributed by atoms with Crippen LogP contribution in [0.1, 0.15) is 20.7 Å². The summed E-state index contributed by atoms with van der Waals surface area (Å²) in [6.45, 7) is 0. The number of aromatic nitrogens is 1. The van der Waals surface area contributed by atoms with Crippen LogP contribution < -0.4 is 5.32 Å². The van der Waals surface area contributed by atoms with Crippen molar-refractivity contribution in [2.24, 2.45) is 7.05 Å². The van der Waals surface area contributed by atoms with Crippen molar-refractivity contribution in [3.63, 3.8) is 0 Å². The van der Waals surface area contributed by atoms with E-state index < -0.39 is 5.91 Å². The first kappa shape index (κ1) is 14.7. The molecule has 2 amide bonds. The highest BCUT2D eigenvalue weighted by Gasteiger charge is 2.34. The minimum atomic E-state index is -0.399.